The van der Waals surface area contributed by atoms with Crippen LogP contribution in [0.1, 0.15) is 24.8 Å². The van der Waals surface area contributed by atoms with Gasteiger partial charge in [-0.05, 0) is 44.0 Å². The predicted molar refractivity (Wildman–Crippen MR) is 90.3 cm³/mol. The molecule has 1 aliphatic heterocycles. The number of carbonyl (C=O) groups is 1. The highest BCUT2D eigenvalue weighted by atomic mass is 35.5. The molecule has 0 bridgehead atoms. The van der Waals surface area contributed by atoms with Gasteiger partial charge in [0, 0.05) is 23.3 Å². The Bertz CT molecular complexity index is 482. The van der Waals surface area contributed by atoms with E-state index in [1.54, 1.807) is 6.07 Å². The molecule has 1 fully saturated rings. The van der Waals surface area contributed by atoms with Crippen molar-refractivity contribution in [3.8, 4) is 0 Å². The number of aryl methyl sites for hydroxylation is 1. The summed E-state index contributed by atoms with van der Waals surface area (Å²) in [6, 6.07) is 5.84. The summed E-state index contributed by atoms with van der Waals surface area (Å²) in [4.78, 5) is 14.3. The van der Waals surface area contributed by atoms with Crippen LogP contribution < -0.4 is 11.1 Å². The Morgan fingerprint density at radius 3 is 2.95 bits per heavy atom. The summed E-state index contributed by atoms with van der Waals surface area (Å²) >= 11 is 5.96. The van der Waals surface area contributed by atoms with Crippen molar-refractivity contribution >= 4 is 35.6 Å². The van der Waals surface area contributed by atoms with Crippen LogP contribution in [0.5, 0.6) is 0 Å². The highest BCUT2D eigenvalue weighted by Gasteiger charge is 2.23. The molecule has 0 spiro atoms. The molecule has 1 aliphatic rings. The molecule has 0 radical (unpaired) electrons. The molecule has 1 aromatic carbocycles. The molecule has 118 valence electrons. The smallest absolute Gasteiger partial charge is 0.238 e. The molecular formula is C15H23Cl2N3O. The molecule has 4 nitrogen and oxygen atoms in total. The maximum atomic E-state index is 12.2. The molecule has 2 rings (SSSR count). The van der Waals surface area contributed by atoms with Crippen LogP contribution >= 0.6 is 24.0 Å². The van der Waals surface area contributed by atoms with Gasteiger partial charge in [-0.25, -0.2) is 0 Å². The Labute approximate surface area is 137 Å². The second-order valence-corrected chi connectivity index (χ2v) is 5.80. The van der Waals surface area contributed by atoms with Crippen molar-refractivity contribution in [2.75, 3.05) is 25.0 Å². The number of anilines is 1. The molecule has 0 aliphatic carbocycles. The molecule has 1 amide bonds. The topological polar surface area (TPSA) is 58.4 Å². The van der Waals surface area contributed by atoms with Gasteiger partial charge in [0.1, 0.15) is 0 Å². The summed E-state index contributed by atoms with van der Waals surface area (Å²) in [5.41, 5.74) is 7.57. The summed E-state index contributed by atoms with van der Waals surface area (Å²) in [6.45, 7) is 3.91. The van der Waals surface area contributed by atoms with Crippen LogP contribution in [0.2, 0.25) is 5.02 Å². The number of nitrogens with zero attached hydrogens (tertiary/aromatic N) is 1. The Kier molecular flexibility index (Phi) is 7.46. The van der Waals surface area contributed by atoms with Crippen LogP contribution in [0.25, 0.3) is 0 Å². The molecule has 1 aromatic rings. The van der Waals surface area contributed by atoms with Crippen molar-refractivity contribution in [3.05, 3.63) is 28.8 Å². The van der Waals surface area contributed by atoms with E-state index in [0.29, 0.717) is 24.2 Å². The van der Waals surface area contributed by atoms with Gasteiger partial charge in [0.2, 0.25) is 5.91 Å². The van der Waals surface area contributed by atoms with Crippen LogP contribution in [0, 0.1) is 6.92 Å². The van der Waals surface area contributed by atoms with Gasteiger partial charge in [0.25, 0.3) is 0 Å². The van der Waals surface area contributed by atoms with E-state index >= 15 is 0 Å². The zero-order valence-corrected chi connectivity index (χ0v) is 13.8. The Hall–Kier alpha value is -0.810. The highest BCUT2D eigenvalue weighted by Crippen LogP contribution is 2.21. The number of amides is 1. The van der Waals surface area contributed by atoms with Crippen LogP contribution in [-0.2, 0) is 4.79 Å². The molecule has 1 saturated heterocycles. The average Bonchev–Trinajstić information content (AvgIpc) is 2.43. The van der Waals surface area contributed by atoms with Gasteiger partial charge in [0.15, 0.2) is 0 Å². The number of carbonyl (C=O) groups excluding carboxylic acids is 1. The standard InChI is InChI=1S/C15H22ClN3O.ClH/c1-11-5-6-12(16)8-14(11)18-15(20)10-19-7-3-2-4-13(19)9-17;/h5-6,8,13H,2-4,7,9-10,17H2,1H3,(H,18,20);1H. The molecule has 0 aromatic heterocycles. The zero-order chi connectivity index (χ0) is 14.5. The lowest BCUT2D eigenvalue weighted by Gasteiger charge is -2.34. The largest absolute Gasteiger partial charge is 0.329 e. The number of piperidine rings is 1. The summed E-state index contributed by atoms with van der Waals surface area (Å²) in [5, 5.41) is 3.57. The van der Waals surface area contributed by atoms with E-state index in [0.717, 1.165) is 30.6 Å². The van der Waals surface area contributed by atoms with E-state index < -0.39 is 0 Å². The van der Waals surface area contributed by atoms with E-state index in [-0.39, 0.29) is 18.3 Å². The number of halogens is 2. The second-order valence-electron chi connectivity index (χ2n) is 5.36. The lowest BCUT2D eigenvalue weighted by Crippen LogP contribution is -2.47. The van der Waals surface area contributed by atoms with Crippen molar-refractivity contribution in [2.24, 2.45) is 5.73 Å². The Morgan fingerprint density at radius 1 is 1.48 bits per heavy atom. The SMILES string of the molecule is Cc1ccc(Cl)cc1NC(=O)CN1CCCCC1CN.Cl. The van der Waals surface area contributed by atoms with Crippen LogP contribution in [-0.4, -0.2) is 36.5 Å². The lowest BCUT2D eigenvalue weighted by atomic mass is 10.0. The molecular weight excluding hydrogens is 309 g/mol. The first-order valence-electron chi connectivity index (χ1n) is 7.10. The van der Waals surface area contributed by atoms with Gasteiger partial charge in [-0.15, -0.1) is 12.4 Å². The van der Waals surface area contributed by atoms with Gasteiger partial charge >= 0.3 is 0 Å². The fraction of sp³-hybridized carbons (Fsp3) is 0.533. The second kappa shape index (κ2) is 8.59. The fourth-order valence-electron chi connectivity index (χ4n) is 2.64. The zero-order valence-electron chi connectivity index (χ0n) is 12.3. The van der Waals surface area contributed by atoms with Gasteiger partial charge in [-0.2, -0.15) is 0 Å². The third kappa shape index (κ3) is 5.15. The minimum absolute atomic E-state index is 0. The van der Waals surface area contributed by atoms with Crippen molar-refractivity contribution in [2.45, 2.75) is 32.2 Å². The first-order chi connectivity index (χ1) is 9.60. The summed E-state index contributed by atoms with van der Waals surface area (Å²) in [5.74, 6) is -0.00397. The summed E-state index contributed by atoms with van der Waals surface area (Å²) in [6.07, 6.45) is 3.42. The quantitative estimate of drug-likeness (QED) is 0.891. The van der Waals surface area contributed by atoms with Crippen LogP contribution in [0.4, 0.5) is 5.69 Å². The lowest BCUT2D eigenvalue weighted by molar-refractivity contribution is -0.118. The minimum atomic E-state index is -0.00397. The summed E-state index contributed by atoms with van der Waals surface area (Å²) in [7, 11) is 0. The van der Waals surface area contributed by atoms with Gasteiger partial charge in [0.05, 0.1) is 6.54 Å². The van der Waals surface area contributed by atoms with E-state index in [1.165, 1.54) is 6.42 Å². The van der Waals surface area contributed by atoms with Crippen LogP contribution in [0.15, 0.2) is 18.2 Å². The first-order valence-corrected chi connectivity index (χ1v) is 7.48. The third-order valence-corrected chi connectivity index (χ3v) is 4.08. The van der Waals surface area contributed by atoms with Crippen molar-refractivity contribution < 1.29 is 4.79 Å². The molecule has 21 heavy (non-hydrogen) atoms. The number of hydrogen-bond donors (Lipinski definition) is 2. The Morgan fingerprint density at radius 2 is 2.24 bits per heavy atom. The number of hydrogen-bond acceptors (Lipinski definition) is 3. The normalized spacial score (nSPS) is 18.9. The van der Waals surface area contributed by atoms with E-state index in [2.05, 4.69) is 10.2 Å². The maximum Gasteiger partial charge on any atom is 0.238 e. The van der Waals surface area contributed by atoms with Gasteiger partial charge in [-0.3, -0.25) is 9.69 Å². The number of likely N-dealkylation sites (tertiary alicyclic amines) is 1. The van der Waals surface area contributed by atoms with E-state index in [1.807, 2.05) is 19.1 Å². The molecule has 1 atom stereocenters. The first kappa shape index (κ1) is 18.2. The van der Waals surface area contributed by atoms with E-state index in [9.17, 15) is 4.79 Å². The minimum Gasteiger partial charge on any atom is -0.329 e. The average molecular weight is 332 g/mol. The maximum absolute atomic E-state index is 12.2. The van der Waals surface area contributed by atoms with Gasteiger partial charge < -0.3 is 11.1 Å². The van der Waals surface area contributed by atoms with Crippen molar-refractivity contribution in [1.29, 1.82) is 0 Å². The number of benzene rings is 1. The summed E-state index contributed by atoms with van der Waals surface area (Å²) < 4.78 is 0. The fourth-order valence-corrected chi connectivity index (χ4v) is 2.81. The number of rotatable bonds is 4. The van der Waals surface area contributed by atoms with Crippen LogP contribution in [0.3, 0.4) is 0 Å². The third-order valence-electron chi connectivity index (χ3n) is 3.84. The van der Waals surface area contributed by atoms with Crippen molar-refractivity contribution in [3.63, 3.8) is 0 Å². The molecule has 6 heteroatoms. The molecule has 0 saturated carbocycles. The highest BCUT2D eigenvalue weighted by molar-refractivity contribution is 6.31. The van der Waals surface area contributed by atoms with Gasteiger partial charge in [-0.1, -0.05) is 24.1 Å². The Balaban J connectivity index is 0.00000220. The predicted octanol–water partition coefficient (Wildman–Crippen LogP) is 2.82. The number of nitrogens with two attached hydrogens (primary N) is 1. The molecule has 1 unspecified atom stereocenters. The van der Waals surface area contributed by atoms with E-state index in [4.69, 9.17) is 17.3 Å². The molecule has 3 N–H and O–H groups in total. The number of nitrogens with one attached hydrogen (secondary N) is 1. The van der Waals surface area contributed by atoms with Crippen molar-refractivity contribution in [1.82, 2.24) is 4.90 Å². The monoisotopic (exact) mass is 331 g/mol. The molecule has 1 heterocycles.